The highest BCUT2D eigenvalue weighted by Crippen LogP contribution is 2.14. The molecule has 1 rings (SSSR count). The van der Waals surface area contributed by atoms with E-state index < -0.39 is 0 Å². The van der Waals surface area contributed by atoms with Crippen LogP contribution in [0.3, 0.4) is 0 Å². The molecular formula is C7H10NOP. The summed E-state index contributed by atoms with van der Waals surface area (Å²) in [7, 11) is 2.20. The molecule has 0 fully saturated rings. The Morgan fingerprint density at radius 1 is 1.50 bits per heavy atom. The lowest BCUT2D eigenvalue weighted by atomic mass is 10.2. The summed E-state index contributed by atoms with van der Waals surface area (Å²) >= 11 is 0. The highest BCUT2D eigenvalue weighted by molar-refractivity contribution is 7.10. The number of benzene rings is 1. The molecule has 0 aliphatic heterocycles. The standard InChI is InChI=1S/C7H10NOP/c8-5-6-2-1-3-7(4-6)9-10/h1-4H,5,8,10H2. The Balaban J connectivity index is 2.87. The van der Waals surface area contributed by atoms with Crippen LogP contribution in [0.25, 0.3) is 0 Å². The number of hydrogen-bond acceptors (Lipinski definition) is 2. The molecule has 3 heteroatoms. The van der Waals surface area contributed by atoms with Crippen LogP contribution in [0.4, 0.5) is 0 Å². The predicted molar refractivity (Wildman–Crippen MR) is 44.7 cm³/mol. The van der Waals surface area contributed by atoms with Crippen LogP contribution >= 0.6 is 9.47 Å². The van der Waals surface area contributed by atoms with Crippen molar-refractivity contribution in [3.8, 4) is 5.75 Å². The molecule has 0 saturated carbocycles. The van der Waals surface area contributed by atoms with E-state index in [0.29, 0.717) is 6.54 Å². The highest BCUT2D eigenvalue weighted by atomic mass is 31.0. The molecule has 0 aromatic heterocycles. The smallest absolute Gasteiger partial charge is 0.122 e. The van der Waals surface area contributed by atoms with Gasteiger partial charge in [0.05, 0.1) is 9.47 Å². The van der Waals surface area contributed by atoms with Gasteiger partial charge in [0.15, 0.2) is 0 Å². The Bertz CT molecular complexity index is 195. The summed E-state index contributed by atoms with van der Waals surface area (Å²) in [5.74, 6) is 0.827. The maximum atomic E-state index is 5.41. The Labute approximate surface area is 62.7 Å². The third-order valence-corrected chi connectivity index (χ3v) is 1.54. The Hall–Kier alpha value is -0.590. The van der Waals surface area contributed by atoms with Crippen LogP contribution in [0.2, 0.25) is 0 Å². The van der Waals surface area contributed by atoms with Crippen molar-refractivity contribution in [3.05, 3.63) is 29.8 Å². The van der Waals surface area contributed by atoms with Crippen molar-refractivity contribution in [1.82, 2.24) is 0 Å². The molecule has 0 heterocycles. The van der Waals surface area contributed by atoms with Gasteiger partial charge in [-0.25, -0.2) is 0 Å². The van der Waals surface area contributed by atoms with Gasteiger partial charge < -0.3 is 10.3 Å². The summed E-state index contributed by atoms with van der Waals surface area (Å²) in [5.41, 5.74) is 6.49. The molecule has 54 valence electrons. The van der Waals surface area contributed by atoms with E-state index in [1.165, 1.54) is 0 Å². The van der Waals surface area contributed by atoms with Crippen LogP contribution in [0.5, 0.6) is 5.75 Å². The van der Waals surface area contributed by atoms with E-state index in [1.54, 1.807) is 0 Å². The Morgan fingerprint density at radius 3 is 2.90 bits per heavy atom. The normalized spacial score (nSPS) is 9.40. The Kier molecular flexibility index (Phi) is 2.67. The van der Waals surface area contributed by atoms with E-state index in [2.05, 4.69) is 9.47 Å². The van der Waals surface area contributed by atoms with Crippen molar-refractivity contribution >= 4 is 9.47 Å². The second-order valence-corrected chi connectivity index (χ2v) is 2.21. The van der Waals surface area contributed by atoms with E-state index in [4.69, 9.17) is 10.3 Å². The maximum absolute atomic E-state index is 5.41. The molecule has 1 unspecified atom stereocenters. The zero-order valence-corrected chi connectivity index (χ0v) is 6.73. The van der Waals surface area contributed by atoms with Crippen LogP contribution in [0.15, 0.2) is 24.3 Å². The first-order valence-electron chi connectivity index (χ1n) is 3.02. The van der Waals surface area contributed by atoms with Crippen molar-refractivity contribution in [2.24, 2.45) is 5.73 Å². The topological polar surface area (TPSA) is 35.2 Å². The van der Waals surface area contributed by atoms with Gasteiger partial charge in [-0.2, -0.15) is 0 Å². The summed E-state index contributed by atoms with van der Waals surface area (Å²) in [6, 6.07) is 7.67. The minimum atomic E-state index is 0.557. The number of nitrogens with two attached hydrogens (primary N) is 1. The summed E-state index contributed by atoms with van der Waals surface area (Å²) in [6.07, 6.45) is 0. The molecule has 10 heavy (non-hydrogen) atoms. The van der Waals surface area contributed by atoms with Crippen molar-refractivity contribution in [2.45, 2.75) is 6.54 Å². The first-order valence-corrected chi connectivity index (χ1v) is 3.49. The summed E-state index contributed by atoms with van der Waals surface area (Å²) in [5, 5.41) is 0. The van der Waals surface area contributed by atoms with E-state index in [1.807, 2.05) is 24.3 Å². The largest absolute Gasteiger partial charge is 0.480 e. The van der Waals surface area contributed by atoms with Gasteiger partial charge in [0, 0.05) is 6.54 Å². The fourth-order valence-electron chi connectivity index (χ4n) is 0.746. The predicted octanol–water partition coefficient (Wildman–Crippen LogP) is 1.31. The monoisotopic (exact) mass is 155 g/mol. The van der Waals surface area contributed by atoms with Gasteiger partial charge >= 0.3 is 0 Å². The molecule has 1 aromatic carbocycles. The van der Waals surface area contributed by atoms with E-state index >= 15 is 0 Å². The van der Waals surface area contributed by atoms with Crippen LogP contribution in [0, 0.1) is 0 Å². The van der Waals surface area contributed by atoms with Crippen molar-refractivity contribution < 1.29 is 4.52 Å². The Morgan fingerprint density at radius 2 is 2.30 bits per heavy atom. The number of rotatable bonds is 2. The van der Waals surface area contributed by atoms with E-state index in [9.17, 15) is 0 Å². The molecule has 0 aliphatic carbocycles. The second kappa shape index (κ2) is 3.55. The van der Waals surface area contributed by atoms with Crippen LogP contribution in [-0.4, -0.2) is 0 Å². The average molecular weight is 155 g/mol. The molecule has 0 saturated heterocycles. The van der Waals surface area contributed by atoms with Gasteiger partial charge in [-0.1, -0.05) is 12.1 Å². The average Bonchev–Trinajstić information content (AvgIpc) is 2.05. The first kappa shape index (κ1) is 7.52. The third-order valence-electron chi connectivity index (χ3n) is 1.27. The van der Waals surface area contributed by atoms with Gasteiger partial charge in [0.25, 0.3) is 0 Å². The van der Waals surface area contributed by atoms with Gasteiger partial charge in [0.1, 0.15) is 5.75 Å². The van der Waals surface area contributed by atoms with Gasteiger partial charge in [0.2, 0.25) is 0 Å². The molecule has 0 radical (unpaired) electrons. The molecule has 0 bridgehead atoms. The van der Waals surface area contributed by atoms with Crippen LogP contribution < -0.4 is 10.3 Å². The lowest BCUT2D eigenvalue weighted by molar-refractivity contribution is 0.644. The lowest BCUT2D eigenvalue weighted by Crippen LogP contribution is -1.95. The SMILES string of the molecule is NCc1cccc(OP)c1. The van der Waals surface area contributed by atoms with Crippen molar-refractivity contribution in [2.75, 3.05) is 0 Å². The fraction of sp³-hybridized carbons (Fsp3) is 0.143. The van der Waals surface area contributed by atoms with E-state index in [-0.39, 0.29) is 0 Å². The molecule has 2 N–H and O–H groups in total. The summed E-state index contributed by atoms with van der Waals surface area (Å²) < 4.78 is 4.92. The van der Waals surface area contributed by atoms with Gasteiger partial charge in [-0.3, -0.25) is 0 Å². The third kappa shape index (κ3) is 1.69. The highest BCUT2D eigenvalue weighted by Gasteiger charge is 1.90. The minimum Gasteiger partial charge on any atom is -0.480 e. The molecule has 0 amide bonds. The molecule has 0 spiro atoms. The quantitative estimate of drug-likeness (QED) is 0.653. The molecular weight excluding hydrogens is 145 g/mol. The molecule has 2 nitrogen and oxygen atoms in total. The van der Waals surface area contributed by atoms with Crippen molar-refractivity contribution in [1.29, 1.82) is 0 Å². The lowest BCUT2D eigenvalue weighted by Gasteiger charge is -1.99. The molecule has 1 atom stereocenters. The van der Waals surface area contributed by atoms with Gasteiger partial charge in [-0.05, 0) is 17.7 Å². The summed E-state index contributed by atoms with van der Waals surface area (Å²) in [4.78, 5) is 0. The summed E-state index contributed by atoms with van der Waals surface area (Å²) in [6.45, 7) is 0.557. The fourth-order valence-corrected chi connectivity index (χ4v) is 0.892. The van der Waals surface area contributed by atoms with E-state index in [0.717, 1.165) is 11.3 Å². The molecule has 0 aliphatic rings. The van der Waals surface area contributed by atoms with Crippen LogP contribution in [0.1, 0.15) is 5.56 Å². The van der Waals surface area contributed by atoms with Crippen molar-refractivity contribution in [3.63, 3.8) is 0 Å². The first-order chi connectivity index (χ1) is 4.86. The zero-order chi connectivity index (χ0) is 7.40. The maximum Gasteiger partial charge on any atom is 0.122 e. The van der Waals surface area contributed by atoms with Crippen LogP contribution in [-0.2, 0) is 6.54 Å². The molecule has 1 aromatic rings. The van der Waals surface area contributed by atoms with Gasteiger partial charge in [-0.15, -0.1) is 0 Å². The zero-order valence-electron chi connectivity index (χ0n) is 5.58. The number of hydrogen-bond donors (Lipinski definition) is 1. The minimum absolute atomic E-state index is 0.557. The second-order valence-electron chi connectivity index (χ2n) is 1.97.